The lowest BCUT2D eigenvalue weighted by Gasteiger charge is -2.03. The van der Waals surface area contributed by atoms with E-state index < -0.39 is 0 Å². The molecule has 0 aromatic carbocycles. The van der Waals surface area contributed by atoms with E-state index in [4.69, 9.17) is 10.3 Å². The van der Waals surface area contributed by atoms with Gasteiger partial charge in [0.2, 0.25) is 0 Å². The summed E-state index contributed by atoms with van der Waals surface area (Å²) in [6.45, 7) is 2.17. The van der Waals surface area contributed by atoms with E-state index in [0.717, 1.165) is 6.54 Å². The molecule has 0 saturated heterocycles. The van der Waals surface area contributed by atoms with Crippen LogP contribution < -0.4 is 10.4 Å². The lowest BCUT2D eigenvalue weighted by molar-refractivity contribution is -1.07. The van der Waals surface area contributed by atoms with Crippen LogP contribution in [0.1, 0.15) is 0 Å². The molecule has 0 amide bonds. The van der Waals surface area contributed by atoms with Crippen LogP contribution in [0.5, 0.6) is 0 Å². The Morgan fingerprint density at radius 2 is 2.11 bits per heavy atom. The first kappa shape index (κ1) is 8.84. The minimum atomic E-state index is 0.157. The van der Waals surface area contributed by atoms with Gasteiger partial charge in [-0.3, -0.25) is 0 Å². The third-order valence-electron chi connectivity index (χ3n) is 0.952. The summed E-state index contributed by atoms with van der Waals surface area (Å²) < 4.78 is 0. The summed E-state index contributed by atoms with van der Waals surface area (Å²) in [6.07, 6.45) is 0. The molecule has 0 aromatic heterocycles. The van der Waals surface area contributed by atoms with Gasteiger partial charge in [0.05, 0.1) is 13.7 Å². The predicted octanol–water partition coefficient (Wildman–Crippen LogP) is -2.53. The highest BCUT2D eigenvalue weighted by molar-refractivity contribution is 4.40. The standard InChI is InChI=1S/C5H14N2O2/c1-7(9)4-2-6-3-5-8/h6,8-9H,2-5H2,1H3/p+1. The molecule has 56 valence electrons. The van der Waals surface area contributed by atoms with Crippen molar-refractivity contribution in [3.05, 3.63) is 0 Å². The molecule has 4 N–H and O–H groups in total. The molecule has 0 aromatic rings. The van der Waals surface area contributed by atoms with E-state index in [1.54, 1.807) is 7.05 Å². The molecule has 0 aliphatic carbocycles. The highest BCUT2D eigenvalue weighted by Crippen LogP contribution is 1.52. The van der Waals surface area contributed by atoms with Gasteiger partial charge in [-0.2, -0.15) is 5.06 Å². The Hall–Kier alpha value is -0.160. The van der Waals surface area contributed by atoms with Crippen LogP contribution in [0.25, 0.3) is 0 Å². The van der Waals surface area contributed by atoms with Gasteiger partial charge < -0.3 is 10.4 Å². The van der Waals surface area contributed by atoms with Crippen LogP contribution in [0.4, 0.5) is 0 Å². The Morgan fingerprint density at radius 1 is 1.44 bits per heavy atom. The normalized spacial score (nSPS) is 13.7. The molecule has 1 atom stereocenters. The molecular weight excluding hydrogens is 120 g/mol. The van der Waals surface area contributed by atoms with Crippen molar-refractivity contribution in [1.29, 1.82) is 0 Å². The molecule has 0 aliphatic heterocycles. The van der Waals surface area contributed by atoms with Crippen molar-refractivity contribution in [2.75, 3.05) is 33.3 Å². The summed E-state index contributed by atoms with van der Waals surface area (Å²) in [7, 11) is 1.67. The minimum absolute atomic E-state index is 0.157. The highest BCUT2D eigenvalue weighted by Gasteiger charge is 1.92. The second kappa shape index (κ2) is 5.97. The van der Waals surface area contributed by atoms with Crippen LogP contribution >= 0.6 is 0 Å². The van der Waals surface area contributed by atoms with Crippen LogP contribution in [0, 0.1) is 0 Å². The van der Waals surface area contributed by atoms with Crippen molar-refractivity contribution < 1.29 is 15.4 Å². The van der Waals surface area contributed by atoms with Crippen LogP contribution in [0.15, 0.2) is 0 Å². The summed E-state index contributed by atoms with van der Waals surface area (Å²) in [5, 5.41) is 20.3. The van der Waals surface area contributed by atoms with Crippen molar-refractivity contribution in [3.63, 3.8) is 0 Å². The van der Waals surface area contributed by atoms with Gasteiger partial charge in [-0.25, -0.2) is 5.21 Å². The molecule has 0 bridgehead atoms. The van der Waals surface area contributed by atoms with Gasteiger partial charge in [-0.15, -0.1) is 0 Å². The second-order valence-electron chi connectivity index (χ2n) is 1.96. The number of rotatable bonds is 5. The minimum Gasteiger partial charge on any atom is -0.395 e. The van der Waals surface area contributed by atoms with E-state index in [1.807, 2.05) is 0 Å². The molecule has 0 saturated carbocycles. The Morgan fingerprint density at radius 3 is 2.56 bits per heavy atom. The lowest BCUT2D eigenvalue weighted by Crippen LogP contribution is -3.07. The molecule has 4 nitrogen and oxygen atoms in total. The van der Waals surface area contributed by atoms with Crippen molar-refractivity contribution in [2.45, 2.75) is 0 Å². The fourth-order valence-corrected chi connectivity index (χ4v) is 0.473. The van der Waals surface area contributed by atoms with Crippen molar-refractivity contribution in [3.8, 4) is 0 Å². The maximum absolute atomic E-state index is 8.67. The number of likely N-dealkylation sites (N-methyl/N-ethyl adjacent to an activating group) is 1. The number of aliphatic hydroxyl groups excluding tert-OH is 1. The third kappa shape index (κ3) is 7.84. The van der Waals surface area contributed by atoms with Gasteiger partial charge in [-0.1, -0.05) is 0 Å². The molecular formula is C5H15N2O2+. The Kier molecular flexibility index (Phi) is 5.86. The Bertz CT molecular complexity index is 58.9. The van der Waals surface area contributed by atoms with Crippen molar-refractivity contribution >= 4 is 0 Å². The van der Waals surface area contributed by atoms with Crippen LogP contribution in [-0.4, -0.2) is 43.6 Å². The molecule has 0 heterocycles. The lowest BCUT2D eigenvalue weighted by atomic mass is 10.6. The molecule has 0 aliphatic rings. The van der Waals surface area contributed by atoms with Gasteiger partial charge in [-0.05, 0) is 0 Å². The van der Waals surface area contributed by atoms with Crippen LogP contribution in [-0.2, 0) is 0 Å². The quantitative estimate of drug-likeness (QED) is 0.248. The SMILES string of the molecule is C[NH+](O)CCNCCO. The van der Waals surface area contributed by atoms with E-state index in [1.165, 1.54) is 0 Å². The third-order valence-corrected chi connectivity index (χ3v) is 0.952. The average Bonchev–Trinajstić information content (AvgIpc) is 1.80. The Balaban J connectivity index is 2.75. The van der Waals surface area contributed by atoms with Gasteiger partial charge in [0.15, 0.2) is 0 Å². The first-order valence-corrected chi connectivity index (χ1v) is 3.10. The number of nitrogens with one attached hydrogen (secondary N) is 2. The van der Waals surface area contributed by atoms with E-state index in [2.05, 4.69) is 5.32 Å². The van der Waals surface area contributed by atoms with Crippen LogP contribution in [0.3, 0.4) is 0 Å². The fraction of sp³-hybridized carbons (Fsp3) is 1.00. The maximum Gasteiger partial charge on any atom is 0.119 e. The zero-order chi connectivity index (χ0) is 7.11. The number of hydrogen-bond donors (Lipinski definition) is 4. The molecule has 0 fully saturated rings. The van der Waals surface area contributed by atoms with Crippen molar-refractivity contribution in [2.24, 2.45) is 0 Å². The zero-order valence-electron chi connectivity index (χ0n) is 5.72. The van der Waals surface area contributed by atoms with Crippen LogP contribution in [0.2, 0.25) is 0 Å². The summed E-state index contributed by atoms with van der Waals surface area (Å²) in [5.74, 6) is 0. The summed E-state index contributed by atoms with van der Waals surface area (Å²) in [6, 6.07) is 0. The summed E-state index contributed by atoms with van der Waals surface area (Å²) in [4.78, 5) is 0. The molecule has 1 unspecified atom stereocenters. The number of hydrogen-bond acceptors (Lipinski definition) is 3. The predicted molar refractivity (Wildman–Crippen MR) is 33.5 cm³/mol. The van der Waals surface area contributed by atoms with E-state index >= 15 is 0 Å². The average molecular weight is 135 g/mol. The first-order chi connectivity index (χ1) is 4.27. The molecule has 4 heteroatoms. The maximum atomic E-state index is 8.67. The van der Waals surface area contributed by atoms with E-state index in [-0.39, 0.29) is 6.61 Å². The van der Waals surface area contributed by atoms with E-state index in [9.17, 15) is 0 Å². The van der Waals surface area contributed by atoms with Gasteiger partial charge >= 0.3 is 0 Å². The van der Waals surface area contributed by atoms with Crippen molar-refractivity contribution in [1.82, 2.24) is 5.32 Å². The van der Waals surface area contributed by atoms with E-state index in [0.29, 0.717) is 18.2 Å². The van der Waals surface area contributed by atoms with Gasteiger partial charge in [0.25, 0.3) is 0 Å². The largest absolute Gasteiger partial charge is 0.395 e. The van der Waals surface area contributed by atoms with Gasteiger partial charge in [0, 0.05) is 13.1 Å². The Labute approximate surface area is 55.1 Å². The number of quaternary nitrogens is 1. The first-order valence-electron chi connectivity index (χ1n) is 3.10. The topological polar surface area (TPSA) is 56.9 Å². The zero-order valence-corrected chi connectivity index (χ0v) is 5.72. The number of hydroxylamine groups is 2. The monoisotopic (exact) mass is 135 g/mol. The highest BCUT2D eigenvalue weighted by atomic mass is 16.5. The molecule has 0 radical (unpaired) electrons. The molecule has 0 spiro atoms. The molecule has 0 rings (SSSR count). The smallest absolute Gasteiger partial charge is 0.119 e. The van der Waals surface area contributed by atoms with Gasteiger partial charge in [0.1, 0.15) is 6.54 Å². The second-order valence-corrected chi connectivity index (χ2v) is 1.96. The molecule has 9 heavy (non-hydrogen) atoms. The fourth-order valence-electron chi connectivity index (χ4n) is 0.473. The summed E-state index contributed by atoms with van der Waals surface area (Å²) in [5.41, 5.74) is 0. The summed E-state index contributed by atoms with van der Waals surface area (Å²) >= 11 is 0. The number of aliphatic hydroxyl groups is 1.